The summed E-state index contributed by atoms with van der Waals surface area (Å²) in [4.78, 5) is 10.2. The topological polar surface area (TPSA) is 57.7 Å². The fraction of sp³-hybridized carbons (Fsp3) is 0.235. The highest BCUT2D eigenvalue weighted by atomic mass is 19.1. The van der Waals surface area contributed by atoms with Gasteiger partial charge in [-0.2, -0.15) is 5.10 Å². The molecule has 3 aromatic rings. The standard InChI is InChI=1S/C17H17F2N5/c1-11(16-5-6-20-10-21-16)24(2)9-12-8-22-23-17(12)14-4-3-13(18)7-15(14)19/h3-8,10-11H,9H2,1-2H3,(H,22,23). The van der Waals surface area contributed by atoms with E-state index in [1.165, 1.54) is 18.5 Å². The third-order valence-corrected chi connectivity index (χ3v) is 4.03. The summed E-state index contributed by atoms with van der Waals surface area (Å²) in [6, 6.07) is 5.42. The third kappa shape index (κ3) is 3.30. The van der Waals surface area contributed by atoms with E-state index >= 15 is 0 Å². The summed E-state index contributed by atoms with van der Waals surface area (Å²) in [5.41, 5.74) is 2.57. The Labute approximate surface area is 138 Å². The van der Waals surface area contributed by atoms with Gasteiger partial charge in [0, 0.05) is 36.0 Å². The smallest absolute Gasteiger partial charge is 0.135 e. The van der Waals surface area contributed by atoms with Gasteiger partial charge in [-0.25, -0.2) is 18.7 Å². The molecule has 124 valence electrons. The van der Waals surface area contributed by atoms with Crippen molar-refractivity contribution in [2.45, 2.75) is 19.5 Å². The Morgan fingerprint density at radius 1 is 1.25 bits per heavy atom. The van der Waals surface area contributed by atoms with E-state index in [4.69, 9.17) is 0 Å². The van der Waals surface area contributed by atoms with Gasteiger partial charge in [-0.1, -0.05) is 0 Å². The van der Waals surface area contributed by atoms with Crippen molar-refractivity contribution < 1.29 is 8.78 Å². The lowest BCUT2D eigenvalue weighted by Gasteiger charge is -2.24. The SMILES string of the molecule is CC(c1ccncn1)N(C)Cc1cn[nH]c1-c1ccc(F)cc1F. The zero-order valence-electron chi connectivity index (χ0n) is 13.4. The minimum absolute atomic E-state index is 0.0498. The van der Waals surface area contributed by atoms with Gasteiger partial charge in [0.2, 0.25) is 0 Å². The van der Waals surface area contributed by atoms with Crippen LogP contribution in [-0.2, 0) is 6.54 Å². The summed E-state index contributed by atoms with van der Waals surface area (Å²) in [5.74, 6) is -1.22. The molecule has 1 unspecified atom stereocenters. The van der Waals surface area contributed by atoms with E-state index in [9.17, 15) is 8.78 Å². The number of halogens is 2. The van der Waals surface area contributed by atoms with Crippen LogP contribution in [0.15, 0.2) is 43.0 Å². The number of aromatic amines is 1. The molecule has 0 spiro atoms. The Balaban J connectivity index is 1.83. The number of H-pyrrole nitrogens is 1. The first kappa shape index (κ1) is 16.2. The Kier molecular flexibility index (Phi) is 4.61. The molecule has 3 rings (SSSR count). The summed E-state index contributed by atoms with van der Waals surface area (Å²) in [6.07, 6.45) is 4.86. The van der Waals surface area contributed by atoms with Crippen LogP contribution >= 0.6 is 0 Å². The van der Waals surface area contributed by atoms with E-state index in [2.05, 4.69) is 25.1 Å². The second kappa shape index (κ2) is 6.84. The minimum atomic E-state index is -0.619. The second-order valence-electron chi connectivity index (χ2n) is 5.62. The van der Waals surface area contributed by atoms with Crippen molar-refractivity contribution in [2.24, 2.45) is 0 Å². The molecular formula is C17H17F2N5. The van der Waals surface area contributed by atoms with E-state index in [1.807, 2.05) is 20.0 Å². The van der Waals surface area contributed by atoms with Crippen LogP contribution in [0.1, 0.15) is 24.2 Å². The fourth-order valence-corrected chi connectivity index (χ4v) is 2.54. The molecule has 1 N–H and O–H groups in total. The number of nitrogens with one attached hydrogen (secondary N) is 1. The Bertz CT molecular complexity index is 819. The summed E-state index contributed by atoms with van der Waals surface area (Å²) in [6.45, 7) is 2.56. The van der Waals surface area contributed by atoms with Gasteiger partial charge >= 0.3 is 0 Å². The zero-order chi connectivity index (χ0) is 17.1. The molecule has 0 aliphatic carbocycles. The highest BCUT2D eigenvalue weighted by Crippen LogP contribution is 2.27. The van der Waals surface area contributed by atoms with Crippen molar-refractivity contribution in [1.29, 1.82) is 0 Å². The summed E-state index contributed by atoms with van der Waals surface area (Å²) >= 11 is 0. The first-order valence-electron chi connectivity index (χ1n) is 7.50. The van der Waals surface area contributed by atoms with E-state index in [1.54, 1.807) is 12.4 Å². The van der Waals surface area contributed by atoms with E-state index in [-0.39, 0.29) is 6.04 Å². The molecule has 0 saturated carbocycles. The van der Waals surface area contributed by atoms with Crippen LogP contribution in [-0.4, -0.2) is 32.1 Å². The van der Waals surface area contributed by atoms with Crippen LogP contribution in [0.5, 0.6) is 0 Å². The molecular weight excluding hydrogens is 312 g/mol. The Morgan fingerprint density at radius 3 is 2.79 bits per heavy atom. The normalized spacial score (nSPS) is 12.5. The van der Waals surface area contributed by atoms with Crippen LogP contribution in [0, 0.1) is 11.6 Å². The molecule has 0 aliphatic heterocycles. The lowest BCUT2D eigenvalue weighted by Crippen LogP contribution is -2.22. The third-order valence-electron chi connectivity index (χ3n) is 4.03. The fourth-order valence-electron chi connectivity index (χ4n) is 2.54. The first-order chi connectivity index (χ1) is 11.6. The van der Waals surface area contributed by atoms with E-state index in [0.29, 0.717) is 17.8 Å². The maximum atomic E-state index is 14.0. The molecule has 2 aromatic heterocycles. The Morgan fingerprint density at radius 2 is 2.08 bits per heavy atom. The van der Waals surface area contributed by atoms with Gasteiger partial charge in [-0.15, -0.1) is 0 Å². The maximum absolute atomic E-state index is 14.0. The number of hydrogen-bond donors (Lipinski definition) is 1. The predicted molar refractivity (Wildman–Crippen MR) is 85.9 cm³/mol. The summed E-state index contributed by atoms with van der Waals surface area (Å²) < 4.78 is 27.1. The van der Waals surface area contributed by atoms with Gasteiger partial charge in [0.15, 0.2) is 0 Å². The number of hydrogen-bond acceptors (Lipinski definition) is 4. The Hall–Kier alpha value is -2.67. The molecule has 0 amide bonds. The van der Waals surface area contributed by atoms with Crippen molar-refractivity contribution >= 4 is 0 Å². The van der Waals surface area contributed by atoms with Crippen molar-refractivity contribution in [3.63, 3.8) is 0 Å². The second-order valence-corrected chi connectivity index (χ2v) is 5.62. The highest BCUT2D eigenvalue weighted by molar-refractivity contribution is 5.63. The zero-order valence-corrected chi connectivity index (χ0v) is 13.4. The quantitative estimate of drug-likeness (QED) is 0.780. The molecule has 24 heavy (non-hydrogen) atoms. The van der Waals surface area contributed by atoms with Gasteiger partial charge in [-0.3, -0.25) is 10.00 Å². The van der Waals surface area contributed by atoms with E-state index in [0.717, 1.165) is 17.3 Å². The van der Waals surface area contributed by atoms with E-state index < -0.39 is 11.6 Å². The number of aromatic nitrogens is 4. The van der Waals surface area contributed by atoms with Crippen LogP contribution in [0.4, 0.5) is 8.78 Å². The largest absolute Gasteiger partial charge is 0.294 e. The van der Waals surface area contributed by atoms with Crippen LogP contribution < -0.4 is 0 Å². The molecule has 1 aromatic carbocycles. The van der Waals surface area contributed by atoms with Crippen molar-refractivity contribution in [1.82, 2.24) is 25.1 Å². The molecule has 0 fully saturated rings. The highest BCUT2D eigenvalue weighted by Gasteiger charge is 2.18. The van der Waals surface area contributed by atoms with Crippen LogP contribution in [0.25, 0.3) is 11.3 Å². The van der Waals surface area contributed by atoms with Crippen molar-refractivity contribution in [3.8, 4) is 11.3 Å². The van der Waals surface area contributed by atoms with Gasteiger partial charge in [0.25, 0.3) is 0 Å². The lowest BCUT2D eigenvalue weighted by atomic mass is 10.1. The number of benzene rings is 1. The monoisotopic (exact) mass is 329 g/mol. The van der Waals surface area contributed by atoms with Gasteiger partial charge in [0.1, 0.15) is 18.0 Å². The summed E-state index contributed by atoms with van der Waals surface area (Å²) in [7, 11) is 1.95. The number of nitrogens with zero attached hydrogens (tertiary/aromatic N) is 4. The van der Waals surface area contributed by atoms with Gasteiger partial charge in [0.05, 0.1) is 17.6 Å². The average Bonchev–Trinajstić information content (AvgIpc) is 3.03. The molecule has 0 aliphatic rings. The molecule has 0 bridgehead atoms. The number of rotatable bonds is 5. The lowest BCUT2D eigenvalue weighted by molar-refractivity contribution is 0.249. The van der Waals surface area contributed by atoms with Gasteiger partial charge in [-0.05, 0) is 32.2 Å². The molecule has 1 atom stereocenters. The molecule has 0 saturated heterocycles. The first-order valence-corrected chi connectivity index (χ1v) is 7.50. The maximum Gasteiger partial charge on any atom is 0.135 e. The molecule has 2 heterocycles. The summed E-state index contributed by atoms with van der Waals surface area (Å²) in [5, 5.41) is 6.81. The molecule has 7 heteroatoms. The minimum Gasteiger partial charge on any atom is -0.294 e. The van der Waals surface area contributed by atoms with Crippen molar-refractivity contribution in [3.05, 3.63) is 65.9 Å². The van der Waals surface area contributed by atoms with Crippen molar-refractivity contribution in [2.75, 3.05) is 7.05 Å². The van der Waals surface area contributed by atoms with Gasteiger partial charge < -0.3 is 0 Å². The average molecular weight is 329 g/mol. The molecule has 5 nitrogen and oxygen atoms in total. The van der Waals surface area contributed by atoms with Crippen LogP contribution in [0.2, 0.25) is 0 Å². The van der Waals surface area contributed by atoms with Crippen LogP contribution in [0.3, 0.4) is 0 Å². The molecule has 0 radical (unpaired) electrons. The predicted octanol–water partition coefficient (Wildman–Crippen LogP) is 3.34.